The van der Waals surface area contributed by atoms with Gasteiger partial charge in [-0.05, 0) is 31.9 Å². The monoisotopic (exact) mass is 267 g/mol. The van der Waals surface area contributed by atoms with Gasteiger partial charge in [-0.25, -0.2) is 0 Å². The Hall–Kier alpha value is -1.00. The average molecular weight is 267 g/mol. The second-order valence-corrected chi connectivity index (χ2v) is 5.43. The third-order valence-electron chi connectivity index (χ3n) is 2.78. The van der Waals surface area contributed by atoms with Crippen molar-refractivity contribution in [1.82, 2.24) is 5.32 Å². The number of amides is 1. The summed E-state index contributed by atoms with van der Waals surface area (Å²) in [4.78, 5) is 12.8. The van der Waals surface area contributed by atoms with Crippen LogP contribution in [0.3, 0.4) is 0 Å². The van der Waals surface area contributed by atoms with Crippen LogP contribution in [0.1, 0.15) is 24.5 Å². The maximum absolute atomic E-state index is 11.7. The van der Waals surface area contributed by atoms with Crippen LogP contribution in [0.25, 0.3) is 0 Å². The number of carbonyl (C=O) groups excluding carboxylic acids is 1. The second kappa shape index (κ2) is 7.44. The second-order valence-electron chi connectivity index (χ2n) is 4.41. The molecule has 0 bridgehead atoms. The Morgan fingerprint density at radius 3 is 2.78 bits per heavy atom. The molecule has 100 valence electrons. The molecule has 1 atom stereocenters. The van der Waals surface area contributed by atoms with Crippen LogP contribution in [0.4, 0.5) is 0 Å². The molecule has 0 aliphatic carbocycles. The molecule has 0 saturated carbocycles. The molecule has 0 spiro atoms. The predicted octanol–water partition coefficient (Wildman–Crippen LogP) is 2.28. The Labute approximate surface area is 113 Å². The molecule has 4 heteroatoms. The Morgan fingerprint density at radius 1 is 1.44 bits per heavy atom. The Morgan fingerprint density at radius 2 is 2.17 bits per heavy atom. The van der Waals surface area contributed by atoms with Crippen LogP contribution in [0.15, 0.2) is 23.1 Å². The first kappa shape index (κ1) is 15.1. The molecule has 18 heavy (non-hydrogen) atoms. The van der Waals surface area contributed by atoms with E-state index in [2.05, 4.69) is 23.5 Å². The van der Waals surface area contributed by atoms with Crippen LogP contribution in [-0.4, -0.2) is 29.4 Å². The van der Waals surface area contributed by atoms with Crippen molar-refractivity contribution in [2.75, 3.05) is 12.4 Å². The van der Waals surface area contributed by atoms with Gasteiger partial charge in [0.05, 0.1) is 18.4 Å². The van der Waals surface area contributed by atoms with Crippen LogP contribution in [0.2, 0.25) is 0 Å². The molecule has 0 aliphatic rings. The van der Waals surface area contributed by atoms with Gasteiger partial charge in [-0.1, -0.05) is 24.6 Å². The van der Waals surface area contributed by atoms with Gasteiger partial charge in [0.15, 0.2) is 0 Å². The highest BCUT2D eigenvalue weighted by molar-refractivity contribution is 8.00. The van der Waals surface area contributed by atoms with E-state index in [1.165, 1.54) is 22.9 Å². The highest BCUT2D eigenvalue weighted by atomic mass is 32.2. The number of aliphatic hydroxyl groups is 1. The molecule has 0 aliphatic heterocycles. The summed E-state index contributed by atoms with van der Waals surface area (Å²) in [7, 11) is 0. The third kappa shape index (κ3) is 4.70. The number of nitrogens with one attached hydrogen (secondary N) is 1. The number of benzene rings is 1. The lowest BCUT2D eigenvalue weighted by Crippen LogP contribution is -2.37. The first-order valence-electron chi connectivity index (χ1n) is 6.17. The van der Waals surface area contributed by atoms with Gasteiger partial charge in [0.1, 0.15) is 0 Å². The van der Waals surface area contributed by atoms with Crippen molar-refractivity contribution in [3.05, 3.63) is 29.3 Å². The van der Waals surface area contributed by atoms with E-state index in [0.29, 0.717) is 5.75 Å². The molecule has 0 saturated heterocycles. The van der Waals surface area contributed by atoms with Crippen LogP contribution in [0, 0.1) is 13.8 Å². The molecule has 2 N–H and O–H groups in total. The van der Waals surface area contributed by atoms with Gasteiger partial charge in [0.2, 0.25) is 5.91 Å². The molecule has 3 nitrogen and oxygen atoms in total. The minimum absolute atomic E-state index is 0.00359. The quantitative estimate of drug-likeness (QED) is 0.777. The summed E-state index contributed by atoms with van der Waals surface area (Å²) in [5, 5.41) is 11.8. The van der Waals surface area contributed by atoms with Crippen molar-refractivity contribution in [3.8, 4) is 0 Å². The Bertz CT molecular complexity index is 403. The fourth-order valence-corrected chi connectivity index (χ4v) is 2.49. The van der Waals surface area contributed by atoms with E-state index in [1.807, 2.05) is 20.8 Å². The number of carbonyl (C=O) groups is 1. The summed E-state index contributed by atoms with van der Waals surface area (Å²) < 4.78 is 0. The van der Waals surface area contributed by atoms with Gasteiger partial charge < -0.3 is 10.4 Å². The van der Waals surface area contributed by atoms with Crippen molar-refractivity contribution in [2.24, 2.45) is 0 Å². The normalized spacial score (nSPS) is 12.2. The number of hydrogen-bond acceptors (Lipinski definition) is 3. The molecule has 0 heterocycles. The van der Waals surface area contributed by atoms with Crippen molar-refractivity contribution in [3.63, 3.8) is 0 Å². The number of hydrogen-bond donors (Lipinski definition) is 2. The Balaban J connectivity index is 2.49. The summed E-state index contributed by atoms with van der Waals surface area (Å²) in [6, 6.07) is 6.10. The number of thioether (sulfide) groups is 1. The molecular weight excluding hydrogens is 246 g/mol. The number of aryl methyl sites for hydroxylation is 2. The van der Waals surface area contributed by atoms with E-state index >= 15 is 0 Å². The van der Waals surface area contributed by atoms with Crippen LogP contribution in [0.5, 0.6) is 0 Å². The van der Waals surface area contributed by atoms with Gasteiger partial charge in [-0.15, -0.1) is 11.8 Å². The van der Waals surface area contributed by atoms with Gasteiger partial charge in [0.25, 0.3) is 0 Å². The van der Waals surface area contributed by atoms with Crippen molar-refractivity contribution >= 4 is 17.7 Å². The molecule has 0 aromatic heterocycles. The van der Waals surface area contributed by atoms with Crippen molar-refractivity contribution in [1.29, 1.82) is 0 Å². The van der Waals surface area contributed by atoms with Crippen molar-refractivity contribution in [2.45, 2.75) is 38.1 Å². The lowest BCUT2D eigenvalue weighted by molar-refractivity contribution is -0.119. The maximum atomic E-state index is 11.7. The zero-order chi connectivity index (χ0) is 13.5. The zero-order valence-corrected chi connectivity index (χ0v) is 12.0. The number of aliphatic hydroxyl groups excluding tert-OH is 1. The fourth-order valence-electron chi connectivity index (χ4n) is 1.55. The molecule has 1 rings (SSSR count). The molecule has 0 unspecified atom stereocenters. The summed E-state index contributed by atoms with van der Waals surface area (Å²) in [5.74, 6) is 0.364. The first-order valence-corrected chi connectivity index (χ1v) is 7.15. The van der Waals surface area contributed by atoms with E-state index in [9.17, 15) is 4.79 Å². The van der Waals surface area contributed by atoms with Crippen LogP contribution in [-0.2, 0) is 4.79 Å². The smallest absolute Gasteiger partial charge is 0.230 e. The topological polar surface area (TPSA) is 49.3 Å². The van der Waals surface area contributed by atoms with E-state index < -0.39 is 0 Å². The zero-order valence-electron chi connectivity index (χ0n) is 11.2. The highest BCUT2D eigenvalue weighted by Crippen LogP contribution is 2.23. The first-order chi connectivity index (χ1) is 8.56. The lowest BCUT2D eigenvalue weighted by atomic mass is 10.2. The summed E-state index contributed by atoms with van der Waals surface area (Å²) >= 11 is 1.54. The van der Waals surface area contributed by atoms with E-state index in [4.69, 9.17) is 5.11 Å². The summed E-state index contributed by atoms with van der Waals surface area (Å²) in [6.07, 6.45) is 0.746. The molecular formula is C14H21NO2S. The van der Waals surface area contributed by atoms with Gasteiger partial charge in [-0.3, -0.25) is 4.79 Å². The minimum atomic E-state index is -0.128. The molecule has 1 aromatic rings. The van der Waals surface area contributed by atoms with Crippen LogP contribution >= 0.6 is 11.8 Å². The summed E-state index contributed by atoms with van der Waals surface area (Å²) in [5.41, 5.74) is 2.39. The van der Waals surface area contributed by atoms with Crippen molar-refractivity contribution < 1.29 is 9.90 Å². The largest absolute Gasteiger partial charge is 0.394 e. The molecule has 1 amide bonds. The van der Waals surface area contributed by atoms with Gasteiger partial charge in [0, 0.05) is 4.90 Å². The average Bonchev–Trinajstić information content (AvgIpc) is 2.37. The molecule has 0 radical (unpaired) electrons. The minimum Gasteiger partial charge on any atom is -0.394 e. The van der Waals surface area contributed by atoms with Gasteiger partial charge >= 0.3 is 0 Å². The van der Waals surface area contributed by atoms with E-state index in [1.54, 1.807) is 0 Å². The fraction of sp³-hybridized carbons (Fsp3) is 0.500. The highest BCUT2D eigenvalue weighted by Gasteiger charge is 2.10. The van der Waals surface area contributed by atoms with Crippen LogP contribution < -0.4 is 5.32 Å². The Kier molecular flexibility index (Phi) is 6.22. The predicted molar refractivity (Wildman–Crippen MR) is 75.9 cm³/mol. The molecule has 0 fully saturated rings. The van der Waals surface area contributed by atoms with E-state index in [0.717, 1.165) is 11.3 Å². The lowest BCUT2D eigenvalue weighted by Gasteiger charge is -2.14. The standard InChI is InChI=1S/C14H21NO2S/c1-4-12(8-16)15-14(17)9-18-13-7-10(2)5-6-11(13)3/h5-7,12,16H,4,8-9H2,1-3H3,(H,15,17)/t12-/m0/s1. The number of rotatable bonds is 6. The van der Waals surface area contributed by atoms with E-state index in [-0.39, 0.29) is 18.6 Å². The molecule has 1 aromatic carbocycles. The SMILES string of the molecule is CC[C@@H](CO)NC(=O)CSc1cc(C)ccc1C. The summed E-state index contributed by atoms with van der Waals surface area (Å²) in [6.45, 7) is 6.03. The van der Waals surface area contributed by atoms with Gasteiger partial charge in [-0.2, -0.15) is 0 Å². The maximum Gasteiger partial charge on any atom is 0.230 e. The third-order valence-corrected chi connectivity index (χ3v) is 3.94.